The molecule has 1 saturated heterocycles. The number of nitrogens with zero attached hydrogens (tertiary/aromatic N) is 4. The maximum atomic E-state index is 13.1. The molecule has 2 aromatic carbocycles. The highest BCUT2D eigenvalue weighted by molar-refractivity contribution is 6.12. The molecule has 5 rings (SSSR count). The van der Waals surface area contributed by atoms with Crippen molar-refractivity contribution in [1.29, 1.82) is 0 Å². The van der Waals surface area contributed by atoms with E-state index in [9.17, 15) is 9.59 Å². The van der Waals surface area contributed by atoms with E-state index in [1.807, 2.05) is 28.8 Å². The van der Waals surface area contributed by atoms with Crippen molar-refractivity contribution in [2.75, 3.05) is 64.9 Å². The average Bonchev–Trinajstić information content (AvgIpc) is 3.26. The van der Waals surface area contributed by atoms with Gasteiger partial charge >= 0.3 is 0 Å². The van der Waals surface area contributed by atoms with Gasteiger partial charge in [-0.05, 0) is 43.4 Å². The van der Waals surface area contributed by atoms with Gasteiger partial charge in [-0.2, -0.15) is 0 Å². The molecule has 1 unspecified atom stereocenters. The van der Waals surface area contributed by atoms with E-state index >= 15 is 0 Å². The number of fused-ring (bicyclic) bond motifs is 3. The quantitative estimate of drug-likeness (QED) is 0.363. The van der Waals surface area contributed by atoms with Gasteiger partial charge < -0.3 is 24.3 Å². The van der Waals surface area contributed by atoms with Crippen molar-refractivity contribution in [3.05, 3.63) is 54.4 Å². The lowest BCUT2D eigenvalue weighted by Crippen LogP contribution is -2.45. The lowest BCUT2D eigenvalue weighted by molar-refractivity contribution is -0.128. The van der Waals surface area contributed by atoms with Crippen molar-refractivity contribution in [2.24, 2.45) is 0 Å². The molecule has 1 amide bonds. The third-order valence-corrected chi connectivity index (χ3v) is 6.87. The summed E-state index contributed by atoms with van der Waals surface area (Å²) in [7, 11) is 2.15. The van der Waals surface area contributed by atoms with Gasteiger partial charge in [0, 0.05) is 51.4 Å². The Morgan fingerprint density at radius 2 is 1.78 bits per heavy atom. The minimum absolute atomic E-state index is 0.108. The van der Waals surface area contributed by atoms with E-state index < -0.39 is 5.92 Å². The van der Waals surface area contributed by atoms with Crippen LogP contribution < -0.4 is 10.1 Å². The largest absolute Gasteiger partial charge is 0.491 e. The summed E-state index contributed by atoms with van der Waals surface area (Å²) in [6.07, 6.45) is 0.315. The van der Waals surface area contributed by atoms with Gasteiger partial charge in [-0.15, -0.1) is 0 Å². The summed E-state index contributed by atoms with van der Waals surface area (Å²) in [5.74, 6) is -0.171. The number of carbonyl (C=O) groups is 2. The number of hydrogen-bond acceptors (Lipinski definition) is 7. The van der Waals surface area contributed by atoms with Crippen LogP contribution in [0.15, 0.2) is 48.5 Å². The molecular weight excluding hydrogens is 458 g/mol. The van der Waals surface area contributed by atoms with Crippen LogP contribution in [0, 0.1) is 0 Å². The zero-order valence-corrected chi connectivity index (χ0v) is 20.7. The van der Waals surface area contributed by atoms with Crippen molar-refractivity contribution in [3.8, 4) is 5.75 Å². The molecule has 3 aromatic rings. The third kappa shape index (κ3) is 5.59. The van der Waals surface area contributed by atoms with Gasteiger partial charge in [0.15, 0.2) is 11.7 Å². The number of aromatic nitrogens is 2. The molecule has 36 heavy (non-hydrogen) atoms. The smallest absolute Gasteiger partial charge is 0.242 e. The first-order chi connectivity index (χ1) is 17.6. The first kappa shape index (κ1) is 24.4. The monoisotopic (exact) mass is 491 g/mol. The highest BCUT2D eigenvalue weighted by atomic mass is 16.5. The highest BCUT2D eigenvalue weighted by Gasteiger charge is 2.36. The van der Waals surface area contributed by atoms with Crippen LogP contribution in [0.1, 0.15) is 18.2 Å². The molecule has 0 bridgehead atoms. The number of aryl methyl sites for hydroxylation is 1. The fraction of sp³-hybridized carbons (Fsp3) is 0.444. The SMILES string of the molecule is CN1CCN(CCOCCOc2ccc(NC(=O)C3C(=O)CCn4c3nc3ccccc34)cc2)CC1. The highest BCUT2D eigenvalue weighted by Crippen LogP contribution is 2.29. The molecule has 2 aliphatic rings. The number of ether oxygens (including phenoxy) is 2. The van der Waals surface area contributed by atoms with Crippen LogP contribution in [0.3, 0.4) is 0 Å². The van der Waals surface area contributed by atoms with Gasteiger partial charge in [-0.25, -0.2) is 4.98 Å². The van der Waals surface area contributed by atoms with Crippen LogP contribution in [0.25, 0.3) is 11.0 Å². The number of Topliss-reactive ketones (excluding diaryl/α,β-unsaturated/α-hetero) is 1. The van der Waals surface area contributed by atoms with Crippen molar-refractivity contribution >= 4 is 28.4 Å². The third-order valence-electron chi connectivity index (χ3n) is 6.87. The first-order valence-corrected chi connectivity index (χ1v) is 12.6. The summed E-state index contributed by atoms with van der Waals surface area (Å²) >= 11 is 0. The maximum Gasteiger partial charge on any atom is 0.242 e. The number of ketones is 1. The van der Waals surface area contributed by atoms with Crippen molar-refractivity contribution < 1.29 is 19.1 Å². The Morgan fingerprint density at radius 1 is 1.00 bits per heavy atom. The standard InChI is InChI=1S/C27H33N5O4/c1-30-12-14-31(15-13-30)16-17-35-18-19-36-21-8-6-20(7-9-21)28-27(34)25-24(33)10-11-32-23-5-3-2-4-22(23)29-26(25)32/h2-9,25H,10-19H2,1H3,(H,28,34). The zero-order chi connectivity index (χ0) is 24.9. The number of rotatable bonds is 9. The van der Waals surface area contributed by atoms with E-state index in [4.69, 9.17) is 9.47 Å². The number of nitrogens with one attached hydrogen (secondary N) is 1. The van der Waals surface area contributed by atoms with E-state index in [2.05, 4.69) is 27.1 Å². The summed E-state index contributed by atoms with van der Waals surface area (Å²) in [4.78, 5) is 35.1. The van der Waals surface area contributed by atoms with E-state index in [-0.39, 0.29) is 11.7 Å². The molecule has 1 aromatic heterocycles. The summed E-state index contributed by atoms with van der Waals surface area (Å²) < 4.78 is 13.4. The Bertz CT molecular complexity index is 1200. The summed E-state index contributed by atoms with van der Waals surface area (Å²) in [5.41, 5.74) is 2.35. The van der Waals surface area contributed by atoms with Crippen LogP contribution in [-0.4, -0.2) is 90.6 Å². The number of hydrogen-bond donors (Lipinski definition) is 1. The Morgan fingerprint density at radius 3 is 2.58 bits per heavy atom. The Labute approximate surface area is 211 Å². The van der Waals surface area contributed by atoms with Gasteiger partial charge in [0.1, 0.15) is 18.2 Å². The minimum atomic E-state index is -0.912. The van der Waals surface area contributed by atoms with E-state index in [0.29, 0.717) is 50.0 Å². The number of likely N-dealkylation sites (N-methyl/N-ethyl adjacent to an activating group) is 1. The molecule has 0 saturated carbocycles. The normalized spacial score (nSPS) is 18.8. The molecule has 1 N–H and O–H groups in total. The van der Waals surface area contributed by atoms with Gasteiger partial charge in [0.25, 0.3) is 0 Å². The predicted molar refractivity (Wildman–Crippen MR) is 137 cm³/mol. The number of amides is 1. The number of benzene rings is 2. The Kier molecular flexibility index (Phi) is 7.60. The second-order valence-electron chi connectivity index (χ2n) is 9.38. The molecule has 3 heterocycles. The molecule has 1 fully saturated rings. The molecule has 190 valence electrons. The van der Waals surface area contributed by atoms with Gasteiger partial charge in [-0.1, -0.05) is 12.1 Å². The van der Waals surface area contributed by atoms with E-state index in [1.165, 1.54) is 0 Å². The van der Waals surface area contributed by atoms with Crippen molar-refractivity contribution in [2.45, 2.75) is 18.9 Å². The molecule has 1 atom stereocenters. The fourth-order valence-electron chi connectivity index (χ4n) is 4.76. The van der Waals surface area contributed by atoms with E-state index in [0.717, 1.165) is 43.8 Å². The fourth-order valence-corrected chi connectivity index (χ4v) is 4.76. The van der Waals surface area contributed by atoms with Crippen LogP contribution in [0.4, 0.5) is 5.69 Å². The van der Waals surface area contributed by atoms with Crippen LogP contribution in [0.5, 0.6) is 5.75 Å². The van der Waals surface area contributed by atoms with Gasteiger partial charge in [0.05, 0.1) is 24.2 Å². The van der Waals surface area contributed by atoms with E-state index in [1.54, 1.807) is 24.3 Å². The summed E-state index contributed by atoms with van der Waals surface area (Å²) in [5, 5.41) is 2.87. The van der Waals surface area contributed by atoms with Crippen LogP contribution in [-0.2, 0) is 20.9 Å². The molecule has 0 spiro atoms. The number of anilines is 1. The van der Waals surface area contributed by atoms with Gasteiger partial charge in [0.2, 0.25) is 5.91 Å². The molecule has 9 heteroatoms. The number of para-hydroxylation sites is 2. The first-order valence-electron chi connectivity index (χ1n) is 12.6. The predicted octanol–water partition coefficient (Wildman–Crippen LogP) is 2.37. The second-order valence-corrected chi connectivity index (χ2v) is 9.38. The summed E-state index contributed by atoms with van der Waals surface area (Å²) in [6, 6.07) is 14.9. The topological polar surface area (TPSA) is 88.9 Å². The second kappa shape index (κ2) is 11.2. The number of imidazole rings is 1. The Balaban J connectivity index is 1.09. The molecule has 0 aliphatic carbocycles. The molecular formula is C27H33N5O4. The lowest BCUT2D eigenvalue weighted by Gasteiger charge is -2.32. The average molecular weight is 492 g/mol. The minimum Gasteiger partial charge on any atom is -0.491 e. The zero-order valence-electron chi connectivity index (χ0n) is 20.7. The molecule has 0 radical (unpaired) electrons. The molecule has 2 aliphatic heterocycles. The summed E-state index contributed by atoms with van der Waals surface area (Å²) in [6.45, 7) is 7.58. The maximum absolute atomic E-state index is 13.1. The van der Waals surface area contributed by atoms with Crippen molar-refractivity contribution in [1.82, 2.24) is 19.4 Å². The number of carbonyl (C=O) groups excluding carboxylic acids is 2. The lowest BCUT2D eigenvalue weighted by atomic mass is 9.96. The van der Waals surface area contributed by atoms with Crippen LogP contribution in [0.2, 0.25) is 0 Å². The van der Waals surface area contributed by atoms with Crippen LogP contribution >= 0.6 is 0 Å². The Hall–Kier alpha value is -3.27. The molecule has 9 nitrogen and oxygen atoms in total. The van der Waals surface area contributed by atoms with Gasteiger partial charge in [-0.3, -0.25) is 14.5 Å². The number of piperazine rings is 1. The van der Waals surface area contributed by atoms with Crippen molar-refractivity contribution in [3.63, 3.8) is 0 Å².